The first-order valence-corrected chi connectivity index (χ1v) is 9.48. The number of hydrogen-bond donors (Lipinski definition) is 1. The lowest BCUT2D eigenvalue weighted by Crippen LogP contribution is -2.24. The summed E-state index contributed by atoms with van der Waals surface area (Å²) in [5.74, 6) is -1.15. The number of anilines is 1. The predicted molar refractivity (Wildman–Crippen MR) is 106 cm³/mol. The van der Waals surface area contributed by atoms with Crippen LogP contribution in [0.1, 0.15) is 30.4 Å². The van der Waals surface area contributed by atoms with Crippen molar-refractivity contribution in [1.82, 2.24) is 0 Å². The van der Waals surface area contributed by atoms with E-state index in [1.165, 1.54) is 0 Å². The molecule has 0 heterocycles. The van der Waals surface area contributed by atoms with Crippen LogP contribution in [0.4, 0.5) is 5.69 Å². The molecule has 0 aliphatic carbocycles. The zero-order chi connectivity index (χ0) is 18.4. The molecule has 0 bridgehead atoms. The molecule has 0 radical (unpaired) electrons. The Hall–Kier alpha value is -1.66. The number of amides is 1. The molecule has 0 aliphatic heterocycles. The molecule has 2 aromatic carbocycles. The molecular formula is C19H19Br2NO3. The molecule has 6 heteroatoms. The molecular weight excluding hydrogens is 450 g/mol. The quantitative estimate of drug-likeness (QED) is 0.593. The lowest BCUT2D eigenvalue weighted by Gasteiger charge is -2.15. The first kappa shape index (κ1) is 19.7. The van der Waals surface area contributed by atoms with Crippen LogP contribution in [-0.4, -0.2) is 18.5 Å². The summed E-state index contributed by atoms with van der Waals surface area (Å²) in [5, 5.41) is 2.75. The smallest absolute Gasteiger partial charge is 0.313 e. The average Bonchev–Trinajstić information content (AvgIpc) is 2.58. The molecule has 1 unspecified atom stereocenters. The first-order chi connectivity index (χ1) is 11.9. The van der Waals surface area contributed by atoms with E-state index in [2.05, 4.69) is 37.2 Å². The Morgan fingerprint density at radius 1 is 1.12 bits per heavy atom. The van der Waals surface area contributed by atoms with Gasteiger partial charge in [-0.25, -0.2) is 0 Å². The molecule has 0 saturated carbocycles. The van der Waals surface area contributed by atoms with Gasteiger partial charge >= 0.3 is 5.97 Å². The third kappa shape index (κ3) is 5.41. The van der Waals surface area contributed by atoms with E-state index in [1.807, 2.05) is 56.3 Å². The van der Waals surface area contributed by atoms with Crippen LogP contribution in [0, 0.1) is 6.92 Å². The van der Waals surface area contributed by atoms with Gasteiger partial charge in [-0.15, -0.1) is 0 Å². The fraction of sp³-hybridized carbons (Fsp3) is 0.263. The zero-order valence-corrected chi connectivity index (χ0v) is 17.2. The van der Waals surface area contributed by atoms with Gasteiger partial charge in [0, 0.05) is 8.95 Å². The van der Waals surface area contributed by atoms with Crippen molar-refractivity contribution < 1.29 is 14.3 Å². The summed E-state index contributed by atoms with van der Waals surface area (Å²) in [4.78, 5) is 24.4. The molecule has 0 aromatic heterocycles. The van der Waals surface area contributed by atoms with Crippen LogP contribution in [0.2, 0.25) is 0 Å². The van der Waals surface area contributed by atoms with Gasteiger partial charge in [0.25, 0.3) is 5.91 Å². The van der Waals surface area contributed by atoms with E-state index in [-0.39, 0.29) is 18.4 Å². The second-order valence-corrected chi connectivity index (χ2v) is 7.34. The van der Waals surface area contributed by atoms with Crippen molar-refractivity contribution in [3.8, 4) is 0 Å². The summed E-state index contributed by atoms with van der Waals surface area (Å²) in [7, 11) is 0. The van der Waals surface area contributed by atoms with Crippen LogP contribution in [-0.2, 0) is 14.3 Å². The van der Waals surface area contributed by atoms with Crippen LogP contribution in [0.3, 0.4) is 0 Å². The first-order valence-electron chi connectivity index (χ1n) is 7.89. The molecule has 0 spiro atoms. The van der Waals surface area contributed by atoms with Crippen molar-refractivity contribution in [3.05, 3.63) is 62.5 Å². The summed E-state index contributed by atoms with van der Waals surface area (Å²) in [5.41, 5.74) is 2.55. The second-order valence-electron chi connectivity index (χ2n) is 5.63. The number of carbonyl (C=O) groups excluding carboxylic acids is 2. The predicted octanol–water partition coefficient (Wildman–Crippen LogP) is 5.20. The van der Waals surface area contributed by atoms with E-state index in [9.17, 15) is 9.59 Å². The molecule has 25 heavy (non-hydrogen) atoms. The van der Waals surface area contributed by atoms with Crippen molar-refractivity contribution >= 4 is 49.4 Å². The largest absolute Gasteiger partial charge is 0.455 e. The second kappa shape index (κ2) is 9.15. The highest BCUT2D eigenvalue weighted by Crippen LogP contribution is 2.32. The van der Waals surface area contributed by atoms with Crippen LogP contribution in [0.15, 0.2) is 51.4 Å². The van der Waals surface area contributed by atoms with E-state index in [0.717, 1.165) is 20.1 Å². The van der Waals surface area contributed by atoms with Crippen molar-refractivity contribution in [2.24, 2.45) is 0 Å². The van der Waals surface area contributed by atoms with Gasteiger partial charge in [0.1, 0.15) is 0 Å². The zero-order valence-electron chi connectivity index (χ0n) is 14.0. The third-order valence-electron chi connectivity index (χ3n) is 3.69. The standard InChI is InChI=1S/C19H19Br2NO3/c1-3-14(13-7-5-4-6-8-13)19(24)25-11-17(23)22-18-15(20)9-12(2)10-16(18)21/h4-10,14H,3,11H2,1-2H3,(H,22,23). The minimum absolute atomic E-state index is 0.324. The number of aryl methyl sites for hydroxylation is 1. The van der Waals surface area contributed by atoms with Gasteiger partial charge in [0.15, 0.2) is 6.61 Å². The Morgan fingerprint density at radius 2 is 1.72 bits per heavy atom. The molecule has 4 nitrogen and oxygen atoms in total. The number of hydrogen-bond acceptors (Lipinski definition) is 3. The fourth-order valence-corrected chi connectivity index (χ4v) is 4.07. The Labute approximate surface area is 164 Å². The maximum absolute atomic E-state index is 12.3. The molecule has 1 amide bonds. The minimum atomic E-state index is -0.397. The molecule has 0 saturated heterocycles. The fourth-order valence-electron chi connectivity index (χ4n) is 2.46. The van der Waals surface area contributed by atoms with Crippen LogP contribution >= 0.6 is 31.9 Å². The number of esters is 1. The van der Waals surface area contributed by atoms with Gasteiger partial charge in [0.2, 0.25) is 0 Å². The van der Waals surface area contributed by atoms with Crippen LogP contribution in [0.5, 0.6) is 0 Å². The van der Waals surface area contributed by atoms with Gasteiger partial charge in [0.05, 0.1) is 11.6 Å². The lowest BCUT2D eigenvalue weighted by molar-refractivity contribution is -0.149. The van der Waals surface area contributed by atoms with Gasteiger partial charge < -0.3 is 10.1 Å². The van der Waals surface area contributed by atoms with Crippen molar-refractivity contribution in [3.63, 3.8) is 0 Å². The highest BCUT2D eigenvalue weighted by atomic mass is 79.9. The van der Waals surface area contributed by atoms with Crippen molar-refractivity contribution in [2.45, 2.75) is 26.2 Å². The molecule has 0 aliphatic rings. The number of nitrogens with one attached hydrogen (secondary N) is 1. The summed E-state index contributed by atoms with van der Waals surface area (Å²) in [6.45, 7) is 3.55. The van der Waals surface area contributed by atoms with Gasteiger partial charge in [-0.1, -0.05) is 37.3 Å². The summed E-state index contributed by atoms with van der Waals surface area (Å²) < 4.78 is 6.72. The van der Waals surface area contributed by atoms with Crippen LogP contribution < -0.4 is 5.32 Å². The average molecular weight is 469 g/mol. The third-order valence-corrected chi connectivity index (χ3v) is 4.94. The molecule has 132 valence electrons. The Balaban J connectivity index is 1.97. The van der Waals surface area contributed by atoms with E-state index < -0.39 is 5.97 Å². The maximum Gasteiger partial charge on any atom is 0.313 e. The van der Waals surface area contributed by atoms with Gasteiger partial charge in [-0.3, -0.25) is 9.59 Å². The summed E-state index contributed by atoms with van der Waals surface area (Å²) >= 11 is 6.84. The number of halogens is 2. The summed E-state index contributed by atoms with van der Waals surface area (Å²) in [6.07, 6.45) is 0.611. The van der Waals surface area contributed by atoms with E-state index in [0.29, 0.717) is 12.1 Å². The van der Waals surface area contributed by atoms with E-state index in [1.54, 1.807) is 0 Å². The number of ether oxygens (including phenoxy) is 1. The Kier molecular flexibility index (Phi) is 7.20. The topological polar surface area (TPSA) is 55.4 Å². The summed E-state index contributed by atoms with van der Waals surface area (Å²) in [6, 6.07) is 13.2. The normalized spacial score (nSPS) is 11.7. The number of carbonyl (C=O) groups is 2. The lowest BCUT2D eigenvalue weighted by atomic mass is 9.97. The highest BCUT2D eigenvalue weighted by molar-refractivity contribution is 9.11. The van der Waals surface area contributed by atoms with Crippen molar-refractivity contribution in [2.75, 3.05) is 11.9 Å². The highest BCUT2D eigenvalue weighted by Gasteiger charge is 2.21. The molecule has 2 rings (SSSR count). The monoisotopic (exact) mass is 467 g/mol. The molecule has 0 fully saturated rings. The van der Waals surface area contributed by atoms with E-state index >= 15 is 0 Å². The molecule has 1 atom stereocenters. The minimum Gasteiger partial charge on any atom is -0.455 e. The number of benzene rings is 2. The Bertz CT molecular complexity index is 740. The van der Waals surface area contributed by atoms with Gasteiger partial charge in [-0.2, -0.15) is 0 Å². The van der Waals surface area contributed by atoms with Crippen LogP contribution in [0.25, 0.3) is 0 Å². The maximum atomic E-state index is 12.3. The SMILES string of the molecule is CCC(C(=O)OCC(=O)Nc1c(Br)cc(C)cc1Br)c1ccccc1. The molecule has 2 aromatic rings. The Morgan fingerprint density at radius 3 is 2.28 bits per heavy atom. The molecule has 1 N–H and O–H groups in total. The van der Waals surface area contributed by atoms with Gasteiger partial charge in [-0.05, 0) is 68.5 Å². The van der Waals surface area contributed by atoms with E-state index in [4.69, 9.17) is 4.74 Å². The van der Waals surface area contributed by atoms with Crippen molar-refractivity contribution in [1.29, 1.82) is 0 Å². The number of rotatable bonds is 6.